The molecule has 0 aliphatic carbocycles. The molecule has 0 saturated carbocycles. The van der Waals surface area contributed by atoms with Gasteiger partial charge in [0.05, 0.1) is 12.7 Å². The second-order valence-corrected chi connectivity index (χ2v) is 6.35. The van der Waals surface area contributed by atoms with Crippen LogP contribution in [0, 0.1) is 11.3 Å². The van der Waals surface area contributed by atoms with E-state index in [2.05, 4.69) is 25.4 Å². The maximum atomic E-state index is 12.8. The van der Waals surface area contributed by atoms with Gasteiger partial charge in [-0.3, -0.25) is 4.79 Å². The highest BCUT2D eigenvalue weighted by Gasteiger charge is 2.33. The maximum Gasteiger partial charge on any atom is 0.433 e. The Hall–Kier alpha value is -3.04. The number of thiazole rings is 1. The third-order valence-corrected chi connectivity index (χ3v) is 4.23. The first-order valence-corrected chi connectivity index (χ1v) is 9.25. The summed E-state index contributed by atoms with van der Waals surface area (Å²) in [4.78, 5) is 23.7. The molecule has 0 bridgehead atoms. The lowest BCUT2D eigenvalue weighted by Gasteiger charge is -2.09. The van der Waals surface area contributed by atoms with Gasteiger partial charge in [0.2, 0.25) is 5.13 Å². The number of rotatable bonds is 4. The Kier molecular flexibility index (Phi) is 7.24. The molecule has 8 nitrogen and oxygen atoms in total. The number of amides is 1. The third-order valence-electron chi connectivity index (χ3n) is 3.16. The highest BCUT2D eigenvalue weighted by Crippen LogP contribution is 2.29. The minimum Gasteiger partial charge on any atom is -0.345 e. The highest BCUT2D eigenvalue weighted by molar-refractivity contribution is 7.14. The Bertz CT molecular complexity index is 1040. The van der Waals surface area contributed by atoms with E-state index in [1.807, 2.05) is 19.9 Å². The summed E-state index contributed by atoms with van der Waals surface area (Å²) >= 11 is 6.64. The summed E-state index contributed by atoms with van der Waals surface area (Å²) in [6, 6.07) is 3.57. The number of aromatic nitrogens is 5. The molecule has 1 N–H and O–H groups in total. The molecule has 0 atom stereocenters. The van der Waals surface area contributed by atoms with Gasteiger partial charge in [0.15, 0.2) is 5.82 Å². The molecule has 3 aromatic heterocycles. The van der Waals surface area contributed by atoms with Crippen molar-refractivity contribution in [2.24, 2.45) is 0 Å². The Labute approximate surface area is 172 Å². The predicted octanol–water partition coefficient (Wildman–Crippen LogP) is 3.62. The van der Waals surface area contributed by atoms with E-state index >= 15 is 0 Å². The van der Waals surface area contributed by atoms with Crippen LogP contribution in [0.1, 0.15) is 40.6 Å². The Morgan fingerprint density at radius 1 is 1.34 bits per heavy atom. The lowest BCUT2D eigenvalue weighted by Crippen LogP contribution is -2.25. The minimum atomic E-state index is -4.73. The fraction of sp³-hybridized carbons (Fsp3) is 0.250. The average Bonchev–Trinajstić information content (AvgIpc) is 3.35. The molecule has 0 fully saturated rings. The maximum absolute atomic E-state index is 12.8. The highest BCUT2D eigenvalue weighted by atomic mass is 35.5. The molecule has 0 unspecified atom stereocenters. The van der Waals surface area contributed by atoms with Crippen LogP contribution in [-0.2, 0) is 12.7 Å². The van der Waals surface area contributed by atoms with Crippen molar-refractivity contribution in [3.05, 3.63) is 51.8 Å². The normalized spacial score (nSPS) is 10.7. The minimum absolute atomic E-state index is 0.137. The molecule has 0 aliphatic heterocycles. The van der Waals surface area contributed by atoms with E-state index in [0.717, 1.165) is 17.4 Å². The van der Waals surface area contributed by atoms with Gasteiger partial charge >= 0.3 is 6.18 Å². The van der Waals surface area contributed by atoms with Gasteiger partial charge in [-0.15, -0.1) is 0 Å². The molecule has 0 aliphatic rings. The molecule has 152 valence electrons. The van der Waals surface area contributed by atoms with Crippen molar-refractivity contribution in [3.63, 3.8) is 0 Å². The van der Waals surface area contributed by atoms with Crippen LogP contribution in [0.3, 0.4) is 0 Å². The summed E-state index contributed by atoms with van der Waals surface area (Å²) in [5, 5.41) is 15.1. The zero-order valence-electron chi connectivity index (χ0n) is 15.0. The van der Waals surface area contributed by atoms with Gasteiger partial charge in [-0.1, -0.05) is 36.8 Å². The Morgan fingerprint density at radius 3 is 2.69 bits per heavy atom. The van der Waals surface area contributed by atoms with E-state index in [-0.39, 0.29) is 17.9 Å². The number of carbonyl (C=O) groups is 1. The standard InChI is InChI=1S/C14H7ClF3N7OS.C2H6/c15-10-2-7(1-9(24-10)14(16,17)18)12(26)20-5-11-22-6-23-25(11)13-21-4-8(3-19)27-13;1-2/h1-2,4,6H,5H2,(H,20,26);1-2H3. The van der Waals surface area contributed by atoms with Gasteiger partial charge in [-0.2, -0.15) is 28.2 Å². The van der Waals surface area contributed by atoms with Crippen molar-refractivity contribution in [3.8, 4) is 11.2 Å². The van der Waals surface area contributed by atoms with Crippen molar-refractivity contribution in [2.45, 2.75) is 26.6 Å². The molecule has 13 heteroatoms. The number of pyridine rings is 1. The molecule has 0 radical (unpaired) electrons. The lowest BCUT2D eigenvalue weighted by atomic mass is 10.2. The van der Waals surface area contributed by atoms with E-state index in [1.54, 1.807) is 0 Å². The number of nitrogens with zero attached hydrogens (tertiary/aromatic N) is 6. The van der Waals surface area contributed by atoms with Crippen molar-refractivity contribution in [1.82, 2.24) is 30.0 Å². The first-order valence-electron chi connectivity index (χ1n) is 8.06. The predicted molar refractivity (Wildman–Crippen MR) is 98.5 cm³/mol. The van der Waals surface area contributed by atoms with Crippen molar-refractivity contribution in [2.75, 3.05) is 0 Å². The van der Waals surface area contributed by atoms with Crippen LogP contribution in [0.5, 0.6) is 0 Å². The second-order valence-electron chi connectivity index (χ2n) is 4.95. The smallest absolute Gasteiger partial charge is 0.345 e. The second kappa shape index (κ2) is 9.44. The quantitative estimate of drug-likeness (QED) is 0.617. The summed E-state index contributed by atoms with van der Waals surface area (Å²) in [5.74, 6) is -0.519. The number of nitriles is 1. The monoisotopic (exact) mass is 443 g/mol. The fourth-order valence-electron chi connectivity index (χ4n) is 1.99. The van der Waals surface area contributed by atoms with Crippen molar-refractivity contribution in [1.29, 1.82) is 5.26 Å². The topological polar surface area (TPSA) is 109 Å². The average molecular weight is 444 g/mol. The van der Waals surface area contributed by atoms with E-state index in [4.69, 9.17) is 16.9 Å². The van der Waals surface area contributed by atoms with E-state index in [0.29, 0.717) is 16.1 Å². The van der Waals surface area contributed by atoms with Crippen LogP contribution < -0.4 is 5.32 Å². The molecular weight excluding hydrogens is 431 g/mol. The van der Waals surface area contributed by atoms with E-state index in [9.17, 15) is 18.0 Å². The van der Waals surface area contributed by atoms with Crippen molar-refractivity contribution >= 4 is 28.8 Å². The number of hydrogen-bond donors (Lipinski definition) is 1. The molecule has 3 heterocycles. The summed E-state index contributed by atoms with van der Waals surface area (Å²) in [6.45, 7) is 3.86. The van der Waals surface area contributed by atoms with Crippen LogP contribution in [-0.4, -0.2) is 30.6 Å². The summed E-state index contributed by atoms with van der Waals surface area (Å²) in [5.41, 5.74) is -1.57. The lowest BCUT2D eigenvalue weighted by molar-refractivity contribution is -0.141. The van der Waals surface area contributed by atoms with Crippen LogP contribution in [0.2, 0.25) is 5.15 Å². The van der Waals surface area contributed by atoms with E-state index < -0.39 is 22.9 Å². The number of hydrogen-bond acceptors (Lipinski definition) is 7. The third kappa shape index (κ3) is 5.49. The SMILES string of the molecule is CC.N#Cc1cnc(-n2ncnc2CNC(=O)c2cc(Cl)nc(C(F)(F)F)c2)s1. The van der Waals surface area contributed by atoms with Crippen molar-refractivity contribution < 1.29 is 18.0 Å². The molecule has 1 amide bonds. The fourth-order valence-corrected chi connectivity index (χ4v) is 2.90. The number of alkyl halides is 3. The largest absolute Gasteiger partial charge is 0.433 e. The van der Waals surface area contributed by atoms with Gasteiger partial charge in [-0.05, 0) is 12.1 Å². The Balaban J connectivity index is 0.00000145. The first-order chi connectivity index (χ1) is 13.8. The first kappa shape index (κ1) is 22.3. The molecule has 0 spiro atoms. The Morgan fingerprint density at radius 2 is 2.07 bits per heavy atom. The van der Waals surface area contributed by atoms with Gasteiger partial charge in [0, 0.05) is 5.56 Å². The molecule has 0 aromatic carbocycles. The van der Waals surface area contributed by atoms with Gasteiger partial charge in [-0.25, -0.2) is 15.0 Å². The van der Waals surface area contributed by atoms with Crippen LogP contribution in [0.15, 0.2) is 24.7 Å². The summed E-state index contributed by atoms with van der Waals surface area (Å²) in [6.07, 6.45) is -2.15. The molecule has 0 saturated heterocycles. The number of halogens is 4. The van der Waals surface area contributed by atoms with Gasteiger partial charge < -0.3 is 5.32 Å². The number of carbonyl (C=O) groups excluding carboxylic acids is 1. The summed E-state index contributed by atoms with van der Waals surface area (Å²) < 4.78 is 39.7. The number of nitrogens with one attached hydrogen (secondary N) is 1. The van der Waals surface area contributed by atoms with Crippen LogP contribution in [0.25, 0.3) is 5.13 Å². The molecule has 29 heavy (non-hydrogen) atoms. The molecule has 3 rings (SSSR count). The van der Waals surface area contributed by atoms with Gasteiger partial charge in [0.1, 0.15) is 28.1 Å². The molecule has 3 aromatic rings. The molecular formula is C16H13ClF3N7OS. The zero-order valence-corrected chi connectivity index (χ0v) is 16.6. The van der Waals surface area contributed by atoms with Crippen LogP contribution >= 0.6 is 22.9 Å². The van der Waals surface area contributed by atoms with E-state index in [1.165, 1.54) is 17.2 Å². The van der Waals surface area contributed by atoms with Gasteiger partial charge in [0.25, 0.3) is 5.91 Å². The zero-order chi connectivity index (χ0) is 21.6. The van der Waals surface area contributed by atoms with Crippen LogP contribution in [0.4, 0.5) is 13.2 Å². The summed E-state index contributed by atoms with van der Waals surface area (Å²) in [7, 11) is 0.